The van der Waals surface area contributed by atoms with Crippen LogP contribution in [0.3, 0.4) is 0 Å². The average molecular weight is 334 g/mol. The van der Waals surface area contributed by atoms with Crippen molar-refractivity contribution in [1.82, 2.24) is 9.88 Å². The third-order valence-electron chi connectivity index (χ3n) is 4.84. The zero-order chi connectivity index (χ0) is 15.5. The summed E-state index contributed by atoms with van der Waals surface area (Å²) in [6, 6.07) is 2.56. The smallest absolute Gasteiger partial charge is 0.118 e. The number of hydrogen-bond acceptors (Lipinski definition) is 6. The highest BCUT2D eigenvalue weighted by atomic mass is 32.1. The van der Waals surface area contributed by atoms with E-state index >= 15 is 0 Å². The molecule has 0 N–H and O–H groups in total. The molecule has 0 spiro atoms. The first kappa shape index (κ1) is 15.3. The number of nitrogens with zero attached hydrogens (tertiary/aromatic N) is 2. The van der Waals surface area contributed by atoms with E-state index in [1.54, 1.807) is 17.6 Å². The van der Waals surface area contributed by atoms with Gasteiger partial charge in [-0.1, -0.05) is 0 Å². The van der Waals surface area contributed by atoms with Crippen molar-refractivity contribution in [3.05, 3.63) is 40.7 Å². The van der Waals surface area contributed by atoms with Gasteiger partial charge in [-0.2, -0.15) is 0 Å². The molecule has 4 rings (SSSR count). The van der Waals surface area contributed by atoms with Crippen LogP contribution in [0.25, 0.3) is 0 Å². The average Bonchev–Trinajstić information content (AvgIpc) is 3.30. The maximum Gasteiger partial charge on any atom is 0.118 e. The van der Waals surface area contributed by atoms with E-state index in [2.05, 4.69) is 9.88 Å². The lowest BCUT2D eigenvalue weighted by molar-refractivity contribution is -0.0891. The summed E-state index contributed by atoms with van der Waals surface area (Å²) in [5.41, 5.74) is 1.24. The standard InChI is InChI=1S/C17H22N2O3S/c1-2-15-17(14(1)11-21-12-16-18-4-8-23-16)22-7-5-19(15)9-13-3-6-20-10-13/h3-4,6,8,10,14-15,17H,1-2,5,7,9,11-12H2. The Kier molecular flexibility index (Phi) is 4.75. The summed E-state index contributed by atoms with van der Waals surface area (Å²) < 4.78 is 17.2. The van der Waals surface area contributed by atoms with Crippen molar-refractivity contribution in [1.29, 1.82) is 0 Å². The number of furan rings is 1. The Morgan fingerprint density at radius 3 is 3.22 bits per heavy atom. The first-order chi connectivity index (χ1) is 11.4. The highest BCUT2D eigenvalue weighted by Crippen LogP contribution is 2.35. The van der Waals surface area contributed by atoms with E-state index < -0.39 is 0 Å². The molecule has 3 unspecified atom stereocenters. The summed E-state index contributed by atoms with van der Waals surface area (Å²) >= 11 is 1.65. The molecule has 0 bridgehead atoms. The van der Waals surface area contributed by atoms with Gasteiger partial charge in [-0.15, -0.1) is 11.3 Å². The summed E-state index contributed by atoms with van der Waals surface area (Å²) in [6.07, 6.45) is 8.08. The van der Waals surface area contributed by atoms with Crippen LogP contribution in [0.5, 0.6) is 0 Å². The molecule has 3 atom stereocenters. The van der Waals surface area contributed by atoms with Gasteiger partial charge >= 0.3 is 0 Å². The minimum atomic E-state index is 0.298. The topological polar surface area (TPSA) is 47.7 Å². The Hall–Kier alpha value is -1.21. The Morgan fingerprint density at radius 2 is 2.39 bits per heavy atom. The van der Waals surface area contributed by atoms with Crippen molar-refractivity contribution in [2.24, 2.45) is 5.92 Å². The monoisotopic (exact) mass is 334 g/mol. The molecule has 2 aliphatic rings. The van der Waals surface area contributed by atoms with Crippen LogP contribution < -0.4 is 0 Å². The lowest BCUT2D eigenvalue weighted by atomic mass is 10.0. The predicted molar refractivity (Wildman–Crippen MR) is 87.1 cm³/mol. The molecule has 124 valence electrons. The summed E-state index contributed by atoms with van der Waals surface area (Å²) in [7, 11) is 0. The van der Waals surface area contributed by atoms with Gasteiger partial charge in [-0.25, -0.2) is 4.98 Å². The van der Waals surface area contributed by atoms with Crippen LogP contribution in [-0.2, 0) is 22.6 Å². The summed E-state index contributed by atoms with van der Waals surface area (Å²) in [5, 5.41) is 3.04. The molecule has 3 heterocycles. The fraction of sp³-hybridized carbons (Fsp3) is 0.588. The third-order valence-corrected chi connectivity index (χ3v) is 5.59. The summed E-state index contributed by atoms with van der Waals surface area (Å²) in [4.78, 5) is 6.80. The van der Waals surface area contributed by atoms with Crippen molar-refractivity contribution < 1.29 is 13.9 Å². The van der Waals surface area contributed by atoms with E-state index in [1.807, 2.05) is 23.9 Å². The number of aromatic nitrogens is 1. The highest BCUT2D eigenvalue weighted by Gasteiger charge is 2.42. The van der Waals surface area contributed by atoms with Crippen LogP contribution in [0.1, 0.15) is 23.4 Å². The Morgan fingerprint density at radius 1 is 1.39 bits per heavy atom. The Bertz CT molecular complexity index is 587. The van der Waals surface area contributed by atoms with E-state index in [0.717, 1.165) is 31.3 Å². The first-order valence-electron chi connectivity index (χ1n) is 8.23. The first-order valence-corrected chi connectivity index (χ1v) is 9.11. The van der Waals surface area contributed by atoms with Crippen LogP contribution >= 0.6 is 11.3 Å². The zero-order valence-electron chi connectivity index (χ0n) is 13.1. The number of ether oxygens (including phenoxy) is 2. The van der Waals surface area contributed by atoms with Gasteiger partial charge in [0, 0.05) is 42.2 Å². The minimum Gasteiger partial charge on any atom is -0.472 e. The van der Waals surface area contributed by atoms with Crippen LogP contribution in [0.2, 0.25) is 0 Å². The van der Waals surface area contributed by atoms with E-state index in [9.17, 15) is 0 Å². The van der Waals surface area contributed by atoms with Crippen LogP contribution in [-0.4, -0.2) is 41.8 Å². The molecule has 5 nitrogen and oxygen atoms in total. The molecule has 1 aliphatic carbocycles. The molecule has 2 aromatic rings. The quantitative estimate of drug-likeness (QED) is 0.813. The van der Waals surface area contributed by atoms with Crippen molar-refractivity contribution in [2.75, 3.05) is 19.8 Å². The summed E-state index contributed by atoms with van der Waals surface area (Å²) in [5.74, 6) is 0.493. The molecular formula is C17H22N2O3S. The molecule has 0 radical (unpaired) electrons. The number of hydrogen-bond donors (Lipinski definition) is 0. The normalized spacial score (nSPS) is 28.1. The SMILES string of the molecule is c1csc(COCC2CCC3C2OCCN3Cc2ccoc2)n1. The van der Waals surface area contributed by atoms with Gasteiger partial charge in [0.15, 0.2) is 0 Å². The van der Waals surface area contributed by atoms with E-state index in [-0.39, 0.29) is 0 Å². The molecule has 2 fully saturated rings. The lowest BCUT2D eigenvalue weighted by Crippen LogP contribution is -2.50. The van der Waals surface area contributed by atoms with Crippen molar-refractivity contribution >= 4 is 11.3 Å². The highest BCUT2D eigenvalue weighted by molar-refractivity contribution is 7.09. The lowest BCUT2D eigenvalue weighted by Gasteiger charge is -2.39. The molecule has 23 heavy (non-hydrogen) atoms. The Labute approximate surface area is 140 Å². The molecule has 2 aromatic heterocycles. The zero-order valence-corrected chi connectivity index (χ0v) is 13.9. The molecular weight excluding hydrogens is 312 g/mol. The molecule has 1 saturated carbocycles. The van der Waals surface area contributed by atoms with Gasteiger partial charge in [0.2, 0.25) is 0 Å². The van der Waals surface area contributed by atoms with E-state index in [0.29, 0.717) is 24.7 Å². The maximum atomic E-state index is 6.09. The maximum absolute atomic E-state index is 6.09. The second kappa shape index (κ2) is 7.13. The molecule has 6 heteroatoms. The van der Waals surface area contributed by atoms with Gasteiger partial charge in [0.1, 0.15) is 5.01 Å². The van der Waals surface area contributed by atoms with Crippen LogP contribution in [0.4, 0.5) is 0 Å². The molecule has 1 aliphatic heterocycles. The van der Waals surface area contributed by atoms with Crippen LogP contribution in [0.15, 0.2) is 34.6 Å². The Balaban J connectivity index is 1.31. The molecule has 0 amide bonds. The van der Waals surface area contributed by atoms with Crippen molar-refractivity contribution in [2.45, 2.75) is 38.1 Å². The minimum absolute atomic E-state index is 0.298. The van der Waals surface area contributed by atoms with Gasteiger partial charge in [0.05, 0.1) is 38.5 Å². The molecule has 0 aromatic carbocycles. The second-order valence-electron chi connectivity index (χ2n) is 6.28. The predicted octanol–water partition coefficient (Wildman–Crippen LogP) is 2.93. The van der Waals surface area contributed by atoms with Crippen molar-refractivity contribution in [3.63, 3.8) is 0 Å². The molecule has 1 saturated heterocycles. The number of thiazole rings is 1. The fourth-order valence-corrected chi connectivity index (χ4v) is 4.30. The van der Waals surface area contributed by atoms with Gasteiger partial charge < -0.3 is 13.9 Å². The third kappa shape index (κ3) is 3.50. The summed E-state index contributed by atoms with van der Waals surface area (Å²) in [6.45, 7) is 4.14. The van der Waals surface area contributed by atoms with Gasteiger partial charge in [-0.05, 0) is 18.9 Å². The van der Waals surface area contributed by atoms with E-state index in [1.165, 1.54) is 18.4 Å². The number of rotatable bonds is 6. The van der Waals surface area contributed by atoms with Crippen molar-refractivity contribution in [3.8, 4) is 0 Å². The fourth-order valence-electron chi connectivity index (χ4n) is 3.75. The van der Waals surface area contributed by atoms with E-state index in [4.69, 9.17) is 13.9 Å². The van der Waals surface area contributed by atoms with Crippen LogP contribution in [0, 0.1) is 5.92 Å². The van der Waals surface area contributed by atoms with Gasteiger partial charge in [0.25, 0.3) is 0 Å². The number of fused-ring (bicyclic) bond motifs is 1. The second-order valence-corrected chi connectivity index (χ2v) is 7.26. The van der Waals surface area contributed by atoms with Gasteiger partial charge in [-0.3, -0.25) is 4.90 Å². The number of morpholine rings is 1. The largest absolute Gasteiger partial charge is 0.472 e.